The van der Waals surface area contributed by atoms with Gasteiger partial charge in [-0.3, -0.25) is 0 Å². The zero-order valence-electron chi connectivity index (χ0n) is 6.73. The van der Waals surface area contributed by atoms with Crippen LogP contribution in [0.25, 0.3) is 0 Å². The number of hydrogen-bond donors (Lipinski definition) is 2. The number of aromatic nitrogens is 1. The Labute approximate surface area is 71.0 Å². The van der Waals surface area contributed by atoms with E-state index in [-0.39, 0.29) is 6.61 Å². The van der Waals surface area contributed by atoms with E-state index in [9.17, 15) is 0 Å². The Morgan fingerprint density at radius 2 is 2.33 bits per heavy atom. The van der Waals surface area contributed by atoms with Crippen molar-refractivity contribution in [3.63, 3.8) is 0 Å². The molecule has 4 nitrogen and oxygen atoms in total. The topological polar surface area (TPSA) is 68.4 Å². The van der Waals surface area contributed by atoms with Crippen LogP contribution in [0.15, 0.2) is 18.3 Å². The Balaban J connectivity index is 2.37. The van der Waals surface area contributed by atoms with Crippen LogP contribution in [0, 0.1) is 0 Å². The van der Waals surface area contributed by atoms with Gasteiger partial charge in [0.2, 0.25) is 5.88 Å². The molecule has 0 aliphatic heterocycles. The van der Waals surface area contributed by atoms with Crippen LogP contribution in [0.4, 0.5) is 5.69 Å². The highest BCUT2D eigenvalue weighted by atomic mass is 16.5. The van der Waals surface area contributed by atoms with Crippen molar-refractivity contribution < 1.29 is 9.84 Å². The number of aliphatic hydroxyl groups is 1. The second-order valence-corrected chi connectivity index (χ2v) is 2.36. The van der Waals surface area contributed by atoms with Crippen molar-refractivity contribution in [1.82, 2.24) is 4.98 Å². The third-order valence-electron chi connectivity index (χ3n) is 1.31. The maximum atomic E-state index is 8.47. The average molecular weight is 168 g/mol. The lowest BCUT2D eigenvalue weighted by atomic mass is 10.4. The van der Waals surface area contributed by atoms with Gasteiger partial charge in [0.15, 0.2) is 0 Å². The van der Waals surface area contributed by atoms with Gasteiger partial charge in [0.25, 0.3) is 0 Å². The molecule has 0 radical (unpaired) electrons. The van der Waals surface area contributed by atoms with Crippen LogP contribution >= 0.6 is 0 Å². The van der Waals surface area contributed by atoms with Gasteiger partial charge in [-0.15, -0.1) is 0 Å². The molecule has 0 bridgehead atoms. The number of hydrogen-bond acceptors (Lipinski definition) is 4. The van der Waals surface area contributed by atoms with Crippen molar-refractivity contribution >= 4 is 5.69 Å². The first-order valence-electron chi connectivity index (χ1n) is 3.78. The number of anilines is 1. The highest BCUT2D eigenvalue weighted by molar-refractivity contribution is 5.35. The smallest absolute Gasteiger partial charge is 0.213 e. The van der Waals surface area contributed by atoms with Crippen LogP contribution in [-0.2, 0) is 0 Å². The second kappa shape index (κ2) is 4.56. The summed E-state index contributed by atoms with van der Waals surface area (Å²) in [5, 5.41) is 8.47. The highest BCUT2D eigenvalue weighted by Crippen LogP contribution is 2.08. The molecule has 1 heterocycles. The molecule has 0 atom stereocenters. The van der Waals surface area contributed by atoms with Gasteiger partial charge in [0.05, 0.1) is 18.5 Å². The number of aliphatic hydroxyl groups excluding tert-OH is 1. The molecule has 0 aliphatic rings. The van der Waals surface area contributed by atoms with E-state index in [0.717, 1.165) is 0 Å². The molecule has 1 aromatic rings. The molecule has 0 aliphatic carbocycles. The van der Waals surface area contributed by atoms with Crippen molar-refractivity contribution in [2.45, 2.75) is 6.42 Å². The van der Waals surface area contributed by atoms with E-state index in [1.54, 1.807) is 12.1 Å². The van der Waals surface area contributed by atoms with Gasteiger partial charge in [0, 0.05) is 19.1 Å². The number of nitrogen functional groups attached to an aromatic ring is 1. The van der Waals surface area contributed by atoms with Crippen LogP contribution in [-0.4, -0.2) is 23.3 Å². The predicted molar refractivity (Wildman–Crippen MR) is 45.8 cm³/mol. The van der Waals surface area contributed by atoms with Gasteiger partial charge in [-0.25, -0.2) is 4.98 Å². The third kappa shape index (κ3) is 2.75. The Hall–Kier alpha value is -1.29. The summed E-state index contributed by atoms with van der Waals surface area (Å²) < 4.78 is 5.17. The van der Waals surface area contributed by atoms with E-state index in [4.69, 9.17) is 15.6 Å². The number of pyridine rings is 1. The summed E-state index contributed by atoms with van der Waals surface area (Å²) >= 11 is 0. The molecule has 66 valence electrons. The maximum absolute atomic E-state index is 8.47. The summed E-state index contributed by atoms with van der Waals surface area (Å²) in [6.07, 6.45) is 2.15. The van der Waals surface area contributed by atoms with E-state index < -0.39 is 0 Å². The normalized spacial score (nSPS) is 9.75. The van der Waals surface area contributed by atoms with E-state index >= 15 is 0 Å². The summed E-state index contributed by atoms with van der Waals surface area (Å²) in [5.41, 5.74) is 6.04. The van der Waals surface area contributed by atoms with Gasteiger partial charge in [-0.2, -0.15) is 0 Å². The van der Waals surface area contributed by atoms with E-state index in [1.165, 1.54) is 6.20 Å². The summed E-state index contributed by atoms with van der Waals surface area (Å²) in [6, 6.07) is 3.42. The first-order chi connectivity index (χ1) is 5.83. The van der Waals surface area contributed by atoms with Gasteiger partial charge < -0.3 is 15.6 Å². The molecular weight excluding hydrogens is 156 g/mol. The molecule has 0 saturated heterocycles. The molecule has 4 heteroatoms. The number of rotatable bonds is 4. The summed E-state index contributed by atoms with van der Waals surface area (Å²) in [4.78, 5) is 3.92. The summed E-state index contributed by atoms with van der Waals surface area (Å²) in [5.74, 6) is 0.539. The molecule has 0 unspecified atom stereocenters. The Morgan fingerprint density at radius 3 is 2.92 bits per heavy atom. The molecule has 3 N–H and O–H groups in total. The quantitative estimate of drug-likeness (QED) is 0.639. The zero-order chi connectivity index (χ0) is 8.81. The Bertz CT molecular complexity index is 223. The molecule has 0 fully saturated rings. The maximum Gasteiger partial charge on any atom is 0.213 e. The number of nitrogens with zero attached hydrogens (tertiary/aromatic N) is 1. The molecule has 0 amide bonds. The fourth-order valence-electron chi connectivity index (χ4n) is 0.718. The SMILES string of the molecule is Nc1ccc(OCCCO)nc1. The average Bonchev–Trinajstić information content (AvgIpc) is 2.09. The van der Waals surface area contributed by atoms with Crippen LogP contribution in [0.5, 0.6) is 5.88 Å². The van der Waals surface area contributed by atoms with Crippen LogP contribution in [0.3, 0.4) is 0 Å². The van der Waals surface area contributed by atoms with Crippen molar-refractivity contribution in [2.75, 3.05) is 18.9 Å². The molecule has 0 aromatic carbocycles. The molecule has 0 saturated carbocycles. The van der Waals surface area contributed by atoms with Crippen LogP contribution < -0.4 is 10.5 Å². The third-order valence-corrected chi connectivity index (χ3v) is 1.31. The molecule has 0 spiro atoms. The lowest BCUT2D eigenvalue weighted by Crippen LogP contribution is -2.01. The standard InChI is InChI=1S/C8H12N2O2/c9-7-2-3-8(10-6-7)12-5-1-4-11/h2-3,6,11H,1,4-5,9H2. The number of ether oxygens (including phenoxy) is 1. The predicted octanol–water partition coefficient (Wildman–Crippen LogP) is 0.425. The van der Waals surface area contributed by atoms with Crippen molar-refractivity contribution in [3.05, 3.63) is 18.3 Å². The fourth-order valence-corrected chi connectivity index (χ4v) is 0.718. The monoisotopic (exact) mass is 168 g/mol. The minimum absolute atomic E-state index is 0.134. The summed E-state index contributed by atoms with van der Waals surface area (Å²) in [7, 11) is 0. The van der Waals surface area contributed by atoms with Gasteiger partial charge in [0.1, 0.15) is 0 Å². The van der Waals surface area contributed by atoms with E-state index in [2.05, 4.69) is 4.98 Å². The Kier molecular flexibility index (Phi) is 3.35. The van der Waals surface area contributed by atoms with Crippen LogP contribution in [0.1, 0.15) is 6.42 Å². The zero-order valence-corrected chi connectivity index (χ0v) is 6.73. The number of nitrogens with two attached hydrogens (primary N) is 1. The molecule has 1 aromatic heterocycles. The summed E-state index contributed by atoms with van der Waals surface area (Å²) in [6.45, 7) is 0.613. The minimum atomic E-state index is 0.134. The van der Waals surface area contributed by atoms with E-state index in [1.807, 2.05) is 0 Å². The first kappa shape index (κ1) is 8.80. The van der Waals surface area contributed by atoms with Gasteiger partial charge >= 0.3 is 0 Å². The van der Waals surface area contributed by atoms with Crippen LogP contribution in [0.2, 0.25) is 0 Å². The Morgan fingerprint density at radius 1 is 1.50 bits per heavy atom. The van der Waals surface area contributed by atoms with Gasteiger partial charge in [-0.1, -0.05) is 0 Å². The minimum Gasteiger partial charge on any atom is -0.478 e. The first-order valence-corrected chi connectivity index (χ1v) is 3.78. The second-order valence-electron chi connectivity index (χ2n) is 2.36. The highest BCUT2D eigenvalue weighted by Gasteiger charge is 1.93. The van der Waals surface area contributed by atoms with E-state index in [0.29, 0.717) is 24.6 Å². The van der Waals surface area contributed by atoms with Crippen molar-refractivity contribution in [3.8, 4) is 5.88 Å². The lowest BCUT2D eigenvalue weighted by Gasteiger charge is -2.02. The fraction of sp³-hybridized carbons (Fsp3) is 0.375. The molecular formula is C8H12N2O2. The van der Waals surface area contributed by atoms with Crippen molar-refractivity contribution in [1.29, 1.82) is 0 Å². The largest absolute Gasteiger partial charge is 0.478 e. The molecule has 1 rings (SSSR count). The lowest BCUT2D eigenvalue weighted by molar-refractivity contribution is 0.229. The van der Waals surface area contributed by atoms with Crippen molar-refractivity contribution in [2.24, 2.45) is 0 Å². The van der Waals surface area contributed by atoms with Gasteiger partial charge in [-0.05, 0) is 6.07 Å². The molecule has 12 heavy (non-hydrogen) atoms.